The summed E-state index contributed by atoms with van der Waals surface area (Å²) in [5, 5.41) is 18.5. The molecule has 1 aromatic carbocycles. The molecule has 0 aliphatic rings. The van der Waals surface area contributed by atoms with E-state index >= 15 is 0 Å². The summed E-state index contributed by atoms with van der Waals surface area (Å²) in [7, 11) is 0. The van der Waals surface area contributed by atoms with Crippen molar-refractivity contribution in [2.75, 3.05) is 6.61 Å². The van der Waals surface area contributed by atoms with Gasteiger partial charge in [0.15, 0.2) is 11.5 Å². The van der Waals surface area contributed by atoms with Crippen LogP contribution in [-0.2, 0) is 11.3 Å². The fourth-order valence-electron chi connectivity index (χ4n) is 2.38. The number of hydrogen-bond acceptors (Lipinski definition) is 4. The molecule has 0 spiro atoms. The molecule has 0 radical (unpaired) electrons. The summed E-state index contributed by atoms with van der Waals surface area (Å²) in [6.45, 7) is 3.11. The number of carbonyl (C=O) groups is 1. The van der Waals surface area contributed by atoms with Gasteiger partial charge in [-0.2, -0.15) is 0 Å². The van der Waals surface area contributed by atoms with Crippen LogP contribution < -0.4 is 4.74 Å². The van der Waals surface area contributed by atoms with Gasteiger partial charge >= 0.3 is 6.16 Å². The number of rotatable bonds is 12. The van der Waals surface area contributed by atoms with E-state index in [1.54, 1.807) is 12.1 Å². The Balaban J connectivity index is 2.15. The molecule has 0 unspecified atom stereocenters. The molecule has 0 aliphatic heterocycles. The number of aromatic hydroxyl groups is 1. The highest BCUT2D eigenvalue weighted by Gasteiger charge is 2.11. The van der Waals surface area contributed by atoms with Gasteiger partial charge in [-0.05, 0) is 12.5 Å². The SMILES string of the molecule is CCCCCCCCCCOCc1cccc(OC(=O)O)c1O. The topological polar surface area (TPSA) is 76.0 Å². The molecule has 1 rings (SSSR count). The molecule has 0 saturated heterocycles. The highest BCUT2D eigenvalue weighted by atomic mass is 16.7. The lowest BCUT2D eigenvalue weighted by Gasteiger charge is -2.09. The Kier molecular flexibility index (Phi) is 9.87. The second-order valence-electron chi connectivity index (χ2n) is 5.66. The van der Waals surface area contributed by atoms with Gasteiger partial charge in [0.05, 0.1) is 6.61 Å². The number of phenolic OH excluding ortho intramolecular Hbond substituents is 1. The quantitative estimate of drug-likeness (QED) is 0.317. The van der Waals surface area contributed by atoms with Crippen LogP contribution in [0.4, 0.5) is 4.79 Å². The molecule has 5 heteroatoms. The molecule has 0 aliphatic carbocycles. The molecular formula is C18H28O5. The van der Waals surface area contributed by atoms with Crippen molar-refractivity contribution in [1.29, 1.82) is 0 Å². The molecule has 0 bridgehead atoms. The van der Waals surface area contributed by atoms with Gasteiger partial charge in [0.2, 0.25) is 0 Å². The minimum atomic E-state index is -1.45. The predicted octanol–water partition coefficient (Wildman–Crippen LogP) is 5.11. The maximum Gasteiger partial charge on any atom is 0.511 e. The lowest BCUT2D eigenvalue weighted by Crippen LogP contribution is -2.04. The maximum atomic E-state index is 10.5. The molecule has 1 aromatic rings. The number of hydrogen-bond donors (Lipinski definition) is 2. The van der Waals surface area contributed by atoms with Crippen LogP contribution in [0.2, 0.25) is 0 Å². The first-order valence-electron chi connectivity index (χ1n) is 8.44. The number of carboxylic acid groups (broad SMARTS) is 1. The summed E-state index contributed by atoms with van der Waals surface area (Å²) in [4.78, 5) is 10.5. The molecule has 0 aromatic heterocycles. The molecule has 0 saturated carbocycles. The molecule has 0 heterocycles. The van der Waals surface area contributed by atoms with Crippen LogP contribution in [0, 0.1) is 0 Å². The molecule has 0 amide bonds. The second-order valence-corrected chi connectivity index (χ2v) is 5.66. The fourth-order valence-corrected chi connectivity index (χ4v) is 2.38. The Morgan fingerprint density at radius 3 is 2.35 bits per heavy atom. The van der Waals surface area contributed by atoms with Gasteiger partial charge in [-0.1, -0.05) is 64.0 Å². The van der Waals surface area contributed by atoms with E-state index in [0.29, 0.717) is 12.2 Å². The Morgan fingerprint density at radius 2 is 1.70 bits per heavy atom. The molecule has 0 fully saturated rings. The number of ether oxygens (including phenoxy) is 2. The van der Waals surface area contributed by atoms with Crippen molar-refractivity contribution in [2.45, 2.75) is 64.9 Å². The Labute approximate surface area is 138 Å². The summed E-state index contributed by atoms with van der Waals surface area (Å²) < 4.78 is 10.0. The average molecular weight is 324 g/mol. The maximum absolute atomic E-state index is 10.5. The van der Waals surface area contributed by atoms with Gasteiger partial charge in [0.1, 0.15) is 0 Å². The minimum absolute atomic E-state index is 0.0642. The zero-order valence-corrected chi connectivity index (χ0v) is 13.9. The van der Waals surface area contributed by atoms with Crippen molar-refractivity contribution in [3.05, 3.63) is 23.8 Å². The summed E-state index contributed by atoms with van der Waals surface area (Å²) >= 11 is 0. The third kappa shape index (κ3) is 8.45. The van der Waals surface area contributed by atoms with Crippen molar-refractivity contribution < 1.29 is 24.5 Å². The Bertz CT molecular complexity index is 459. The van der Waals surface area contributed by atoms with Gasteiger partial charge in [0, 0.05) is 12.2 Å². The highest BCUT2D eigenvalue weighted by Crippen LogP contribution is 2.30. The van der Waals surface area contributed by atoms with E-state index in [1.807, 2.05) is 0 Å². The molecule has 2 N–H and O–H groups in total. The standard InChI is InChI=1S/C18H28O5/c1-2-3-4-5-6-7-8-9-13-22-14-15-11-10-12-16(17(15)19)23-18(20)21/h10-12,19H,2-9,13-14H2,1H3,(H,20,21). The summed E-state index contributed by atoms with van der Waals surface area (Å²) in [5.41, 5.74) is 0.531. The van der Waals surface area contributed by atoms with Gasteiger partial charge < -0.3 is 19.7 Å². The normalized spacial score (nSPS) is 10.7. The number of unbranched alkanes of at least 4 members (excludes halogenated alkanes) is 7. The summed E-state index contributed by atoms with van der Waals surface area (Å²) in [6.07, 6.45) is 8.49. The van der Waals surface area contributed by atoms with Crippen molar-refractivity contribution in [2.24, 2.45) is 0 Å². The van der Waals surface area contributed by atoms with E-state index in [4.69, 9.17) is 9.84 Å². The summed E-state index contributed by atoms with van der Waals surface area (Å²) in [6, 6.07) is 4.73. The van der Waals surface area contributed by atoms with E-state index in [0.717, 1.165) is 12.8 Å². The van der Waals surface area contributed by atoms with Crippen LogP contribution in [0.5, 0.6) is 11.5 Å². The largest absolute Gasteiger partial charge is 0.511 e. The van der Waals surface area contributed by atoms with Gasteiger partial charge in [0.25, 0.3) is 0 Å². The molecule has 5 nitrogen and oxygen atoms in total. The fraction of sp³-hybridized carbons (Fsp3) is 0.611. The van der Waals surface area contributed by atoms with E-state index in [9.17, 15) is 9.90 Å². The van der Waals surface area contributed by atoms with Crippen molar-refractivity contribution in [3.63, 3.8) is 0 Å². The van der Waals surface area contributed by atoms with Crippen molar-refractivity contribution >= 4 is 6.16 Å². The number of benzene rings is 1. The Hall–Kier alpha value is -1.75. The summed E-state index contributed by atoms with van der Waals surface area (Å²) in [5.74, 6) is -0.239. The van der Waals surface area contributed by atoms with Gasteiger partial charge in [-0.25, -0.2) is 4.79 Å². The highest BCUT2D eigenvalue weighted by molar-refractivity contribution is 5.63. The van der Waals surface area contributed by atoms with Crippen LogP contribution in [0.3, 0.4) is 0 Å². The molecule has 23 heavy (non-hydrogen) atoms. The van der Waals surface area contributed by atoms with Crippen molar-refractivity contribution in [1.82, 2.24) is 0 Å². The zero-order chi connectivity index (χ0) is 16.9. The number of para-hydroxylation sites is 1. The molecule has 130 valence electrons. The van der Waals surface area contributed by atoms with E-state index in [1.165, 1.54) is 44.6 Å². The minimum Gasteiger partial charge on any atom is -0.504 e. The zero-order valence-electron chi connectivity index (χ0n) is 13.9. The first kappa shape index (κ1) is 19.3. The third-order valence-corrected chi connectivity index (χ3v) is 3.68. The Morgan fingerprint density at radius 1 is 1.04 bits per heavy atom. The van der Waals surface area contributed by atoms with E-state index < -0.39 is 6.16 Å². The average Bonchev–Trinajstić information content (AvgIpc) is 2.52. The van der Waals surface area contributed by atoms with Gasteiger partial charge in [-0.15, -0.1) is 0 Å². The van der Waals surface area contributed by atoms with E-state index in [-0.39, 0.29) is 18.1 Å². The first-order valence-corrected chi connectivity index (χ1v) is 8.44. The lowest BCUT2D eigenvalue weighted by atomic mass is 10.1. The van der Waals surface area contributed by atoms with Gasteiger partial charge in [-0.3, -0.25) is 0 Å². The third-order valence-electron chi connectivity index (χ3n) is 3.68. The molecule has 0 atom stereocenters. The van der Waals surface area contributed by atoms with Crippen LogP contribution in [0.15, 0.2) is 18.2 Å². The number of phenols is 1. The van der Waals surface area contributed by atoms with Crippen LogP contribution >= 0.6 is 0 Å². The predicted molar refractivity (Wildman–Crippen MR) is 89.0 cm³/mol. The molecular weight excluding hydrogens is 296 g/mol. The van der Waals surface area contributed by atoms with Crippen LogP contribution in [0.1, 0.15) is 63.9 Å². The lowest BCUT2D eigenvalue weighted by molar-refractivity contribution is 0.114. The van der Waals surface area contributed by atoms with Crippen LogP contribution in [0.25, 0.3) is 0 Å². The second kappa shape index (κ2) is 11.8. The first-order chi connectivity index (χ1) is 11.1. The van der Waals surface area contributed by atoms with Crippen LogP contribution in [-0.4, -0.2) is 23.0 Å². The van der Waals surface area contributed by atoms with E-state index in [2.05, 4.69) is 11.7 Å². The monoisotopic (exact) mass is 324 g/mol. The van der Waals surface area contributed by atoms with Crippen molar-refractivity contribution in [3.8, 4) is 11.5 Å². The smallest absolute Gasteiger partial charge is 0.504 e.